The molecule has 1 rings (SSSR count). The maximum absolute atomic E-state index is 12.0. The zero-order chi connectivity index (χ0) is 12.3. The summed E-state index contributed by atoms with van der Waals surface area (Å²) >= 11 is 0. The van der Waals surface area contributed by atoms with E-state index in [0.717, 1.165) is 13.0 Å². The molecule has 0 aromatic heterocycles. The summed E-state index contributed by atoms with van der Waals surface area (Å²) in [6.45, 7) is 9.04. The lowest BCUT2D eigenvalue weighted by molar-refractivity contribution is -0.131. The molecule has 1 fully saturated rings. The van der Waals surface area contributed by atoms with E-state index in [4.69, 9.17) is 4.74 Å². The summed E-state index contributed by atoms with van der Waals surface area (Å²) in [7, 11) is 1.69. The highest BCUT2D eigenvalue weighted by molar-refractivity contribution is 5.84. The van der Waals surface area contributed by atoms with Crippen molar-refractivity contribution in [1.29, 1.82) is 0 Å². The van der Waals surface area contributed by atoms with Crippen LogP contribution < -0.4 is 5.32 Å². The second-order valence-electron chi connectivity index (χ2n) is 4.86. The van der Waals surface area contributed by atoms with E-state index in [9.17, 15) is 4.79 Å². The molecule has 0 aliphatic carbocycles. The third kappa shape index (κ3) is 2.95. The summed E-state index contributed by atoms with van der Waals surface area (Å²) in [6.07, 6.45) is 1.03. The standard InChI is InChI=1S/C12H24N2O2/c1-8(2)14-7-6-11(12(14)15)13-9(3)10(4)16-5/h8-11,13H,6-7H2,1-5H3. The predicted molar refractivity (Wildman–Crippen MR) is 64.3 cm³/mol. The van der Waals surface area contributed by atoms with Crippen LogP contribution >= 0.6 is 0 Å². The van der Waals surface area contributed by atoms with Crippen molar-refractivity contribution in [2.24, 2.45) is 0 Å². The zero-order valence-electron chi connectivity index (χ0n) is 11.0. The van der Waals surface area contributed by atoms with E-state index >= 15 is 0 Å². The van der Waals surface area contributed by atoms with Crippen molar-refractivity contribution in [2.45, 2.75) is 58.3 Å². The number of rotatable bonds is 5. The third-order valence-electron chi connectivity index (χ3n) is 3.40. The number of hydrogen-bond acceptors (Lipinski definition) is 3. The quantitative estimate of drug-likeness (QED) is 0.763. The Labute approximate surface area is 98.3 Å². The van der Waals surface area contributed by atoms with Gasteiger partial charge in [0.15, 0.2) is 0 Å². The van der Waals surface area contributed by atoms with Gasteiger partial charge < -0.3 is 15.0 Å². The zero-order valence-corrected chi connectivity index (χ0v) is 11.0. The summed E-state index contributed by atoms with van der Waals surface area (Å²) < 4.78 is 5.24. The highest BCUT2D eigenvalue weighted by Crippen LogP contribution is 2.15. The van der Waals surface area contributed by atoms with Crippen molar-refractivity contribution >= 4 is 5.91 Å². The molecule has 1 aliphatic heterocycles. The van der Waals surface area contributed by atoms with Crippen LogP contribution in [0.2, 0.25) is 0 Å². The molecule has 0 spiro atoms. The maximum Gasteiger partial charge on any atom is 0.240 e. The summed E-state index contributed by atoms with van der Waals surface area (Å²) in [5.41, 5.74) is 0. The van der Waals surface area contributed by atoms with Crippen molar-refractivity contribution in [3.8, 4) is 0 Å². The molecule has 1 aliphatic rings. The molecule has 0 aromatic rings. The Kier molecular flexibility index (Phi) is 4.74. The van der Waals surface area contributed by atoms with E-state index in [1.807, 2.05) is 11.8 Å². The minimum atomic E-state index is -0.0324. The van der Waals surface area contributed by atoms with Crippen LogP contribution in [0.15, 0.2) is 0 Å². The molecular formula is C12H24N2O2. The average Bonchev–Trinajstić information content (AvgIpc) is 2.59. The Balaban J connectivity index is 2.48. The Hall–Kier alpha value is -0.610. The van der Waals surface area contributed by atoms with Crippen LogP contribution in [-0.2, 0) is 9.53 Å². The van der Waals surface area contributed by atoms with Gasteiger partial charge in [-0.3, -0.25) is 4.79 Å². The summed E-state index contributed by atoms with van der Waals surface area (Å²) in [5.74, 6) is 0.227. The maximum atomic E-state index is 12.0. The van der Waals surface area contributed by atoms with Crippen molar-refractivity contribution in [1.82, 2.24) is 10.2 Å². The third-order valence-corrected chi connectivity index (χ3v) is 3.40. The van der Waals surface area contributed by atoms with Crippen molar-refractivity contribution in [3.63, 3.8) is 0 Å². The molecule has 1 heterocycles. The minimum absolute atomic E-state index is 0.0324. The summed E-state index contributed by atoms with van der Waals surface area (Å²) in [4.78, 5) is 13.9. The number of carbonyl (C=O) groups is 1. The van der Waals surface area contributed by atoms with Gasteiger partial charge in [-0.25, -0.2) is 0 Å². The molecule has 16 heavy (non-hydrogen) atoms. The number of amides is 1. The van der Waals surface area contributed by atoms with Crippen molar-refractivity contribution in [3.05, 3.63) is 0 Å². The van der Waals surface area contributed by atoms with E-state index in [1.54, 1.807) is 7.11 Å². The number of ether oxygens (including phenoxy) is 1. The SMILES string of the molecule is COC(C)C(C)NC1CCN(C(C)C)C1=O. The van der Waals surface area contributed by atoms with Crippen LogP contribution in [0.5, 0.6) is 0 Å². The number of methoxy groups -OCH3 is 1. The first kappa shape index (κ1) is 13.5. The molecule has 1 saturated heterocycles. The van der Waals surface area contributed by atoms with Crippen LogP contribution in [0.25, 0.3) is 0 Å². The van der Waals surface area contributed by atoms with E-state index in [2.05, 4.69) is 26.1 Å². The van der Waals surface area contributed by atoms with E-state index in [0.29, 0.717) is 6.04 Å². The molecule has 1 N–H and O–H groups in total. The van der Waals surface area contributed by atoms with Gasteiger partial charge in [0.1, 0.15) is 0 Å². The minimum Gasteiger partial charge on any atom is -0.380 e. The van der Waals surface area contributed by atoms with E-state index in [1.165, 1.54) is 0 Å². The second-order valence-corrected chi connectivity index (χ2v) is 4.86. The Bertz CT molecular complexity index is 243. The average molecular weight is 228 g/mol. The van der Waals surface area contributed by atoms with Gasteiger partial charge in [0, 0.05) is 25.7 Å². The number of nitrogens with one attached hydrogen (secondary N) is 1. The Morgan fingerprint density at radius 3 is 2.44 bits per heavy atom. The molecule has 0 saturated carbocycles. The van der Waals surface area contributed by atoms with E-state index in [-0.39, 0.29) is 24.1 Å². The lowest BCUT2D eigenvalue weighted by Crippen LogP contribution is -2.47. The lowest BCUT2D eigenvalue weighted by Gasteiger charge is -2.25. The van der Waals surface area contributed by atoms with Gasteiger partial charge >= 0.3 is 0 Å². The highest BCUT2D eigenvalue weighted by atomic mass is 16.5. The topological polar surface area (TPSA) is 41.6 Å². The highest BCUT2D eigenvalue weighted by Gasteiger charge is 2.34. The Morgan fingerprint density at radius 2 is 2.00 bits per heavy atom. The molecule has 4 heteroatoms. The van der Waals surface area contributed by atoms with Crippen molar-refractivity contribution in [2.75, 3.05) is 13.7 Å². The first-order valence-electron chi connectivity index (χ1n) is 6.06. The fourth-order valence-corrected chi connectivity index (χ4v) is 2.03. The molecule has 1 amide bonds. The summed E-state index contributed by atoms with van der Waals surface area (Å²) in [6, 6.07) is 0.468. The molecule has 0 bridgehead atoms. The van der Waals surface area contributed by atoms with Gasteiger partial charge in [-0.2, -0.15) is 0 Å². The predicted octanol–water partition coefficient (Wildman–Crippen LogP) is 1.01. The molecule has 94 valence electrons. The molecule has 3 atom stereocenters. The normalized spacial score (nSPS) is 25.2. The van der Waals surface area contributed by atoms with Crippen LogP contribution in [0.1, 0.15) is 34.1 Å². The Morgan fingerprint density at radius 1 is 1.38 bits per heavy atom. The largest absolute Gasteiger partial charge is 0.380 e. The fraction of sp³-hybridized carbons (Fsp3) is 0.917. The smallest absolute Gasteiger partial charge is 0.240 e. The van der Waals surface area contributed by atoms with Gasteiger partial charge in [0.2, 0.25) is 5.91 Å². The van der Waals surface area contributed by atoms with Crippen LogP contribution in [-0.4, -0.2) is 48.7 Å². The molecule has 0 radical (unpaired) electrons. The molecule has 4 nitrogen and oxygen atoms in total. The van der Waals surface area contributed by atoms with Crippen LogP contribution in [0, 0.1) is 0 Å². The number of hydrogen-bond donors (Lipinski definition) is 1. The monoisotopic (exact) mass is 228 g/mol. The fourth-order valence-electron chi connectivity index (χ4n) is 2.03. The van der Waals surface area contributed by atoms with Gasteiger partial charge in [-0.05, 0) is 34.1 Å². The van der Waals surface area contributed by atoms with Gasteiger partial charge in [-0.1, -0.05) is 0 Å². The number of carbonyl (C=O) groups excluding carboxylic acids is 1. The van der Waals surface area contributed by atoms with Gasteiger partial charge in [-0.15, -0.1) is 0 Å². The van der Waals surface area contributed by atoms with Crippen LogP contribution in [0.4, 0.5) is 0 Å². The van der Waals surface area contributed by atoms with Crippen molar-refractivity contribution < 1.29 is 9.53 Å². The molecule has 3 unspecified atom stereocenters. The van der Waals surface area contributed by atoms with Gasteiger partial charge in [0.25, 0.3) is 0 Å². The number of likely N-dealkylation sites (tertiary alicyclic amines) is 1. The first-order valence-corrected chi connectivity index (χ1v) is 6.06. The van der Waals surface area contributed by atoms with Gasteiger partial charge in [0.05, 0.1) is 12.1 Å². The van der Waals surface area contributed by atoms with E-state index < -0.39 is 0 Å². The number of nitrogens with zero attached hydrogens (tertiary/aromatic N) is 1. The van der Waals surface area contributed by atoms with Crippen LogP contribution in [0.3, 0.4) is 0 Å². The molecule has 0 aromatic carbocycles. The first-order chi connectivity index (χ1) is 7.47. The molecular weight excluding hydrogens is 204 g/mol. The second kappa shape index (κ2) is 5.64. The summed E-state index contributed by atoms with van der Waals surface area (Å²) in [5, 5.41) is 3.35. The lowest BCUT2D eigenvalue weighted by atomic mass is 10.1.